The molecule has 6 heteroatoms. The van der Waals surface area contributed by atoms with Crippen molar-refractivity contribution in [3.05, 3.63) is 23.5 Å². The molecule has 1 amide bonds. The van der Waals surface area contributed by atoms with Crippen LogP contribution in [0.5, 0.6) is 0 Å². The SMILES string of the molecule is CC1CCCN(C(=O)Cc2cn3ccsc3n2)C1CO. The van der Waals surface area contributed by atoms with Gasteiger partial charge in [0.2, 0.25) is 5.91 Å². The average Bonchev–Trinajstić information content (AvgIpc) is 2.99. The minimum absolute atomic E-state index is 0.0417. The molecule has 1 aliphatic heterocycles. The van der Waals surface area contributed by atoms with Crippen molar-refractivity contribution in [3.63, 3.8) is 0 Å². The van der Waals surface area contributed by atoms with Crippen LogP contribution >= 0.6 is 11.3 Å². The van der Waals surface area contributed by atoms with E-state index in [-0.39, 0.29) is 18.6 Å². The van der Waals surface area contributed by atoms with Gasteiger partial charge in [-0.25, -0.2) is 4.98 Å². The number of amides is 1. The van der Waals surface area contributed by atoms with E-state index in [1.54, 1.807) is 11.3 Å². The van der Waals surface area contributed by atoms with Gasteiger partial charge in [0, 0.05) is 24.3 Å². The van der Waals surface area contributed by atoms with Crippen molar-refractivity contribution in [2.75, 3.05) is 13.2 Å². The first-order valence-corrected chi connectivity index (χ1v) is 7.88. The second-order valence-electron chi connectivity index (χ2n) is 5.46. The molecule has 0 radical (unpaired) electrons. The van der Waals surface area contributed by atoms with E-state index in [0.29, 0.717) is 12.3 Å². The van der Waals surface area contributed by atoms with Gasteiger partial charge in [-0.3, -0.25) is 9.20 Å². The summed E-state index contributed by atoms with van der Waals surface area (Å²) in [6.07, 6.45) is 6.26. The van der Waals surface area contributed by atoms with Gasteiger partial charge in [0.05, 0.1) is 24.8 Å². The maximum atomic E-state index is 12.5. The van der Waals surface area contributed by atoms with E-state index >= 15 is 0 Å². The fraction of sp³-hybridized carbons (Fsp3) is 0.571. The summed E-state index contributed by atoms with van der Waals surface area (Å²) < 4.78 is 1.94. The summed E-state index contributed by atoms with van der Waals surface area (Å²) in [5, 5.41) is 11.5. The highest BCUT2D eigenvalue weighted by Gasteiger charge is 2.31. The number of carbonyl (C=O) groups is 1. The van der Waals surface area contributed by atoms with Gasteiger partial charge in [-0.2, -0.15) is 0 Å². The summed E-state index contributed by atoms with van der Waals surface area (Å²) in [6, 6.07) is -0.0417. The number of aromatic nitrogens is 2. The van der Waals surface area contributed by atoms with E-state index < -0.39 is 0 Å². The predicted octanol–water partition coefficient (Wildman–Crippen LogP) is 1.56. The van der Waals surface area contributed by atoms with Crippen LogP contribution in [0.4, 0.5) is 0 Å². The number of aliphatic hydroxyl groups is 1. The van der Waals surface area contributed by atoms with Gasteiger partial charge in [0.15, 0.2) is 4.96 Å². The van der Waals surface area contributed by atoms with Crippen LogP contribution in [0.1, 0.15) is 25.5 Å². The number of thiazole rings is 1. The minimum atomic E-state index is -0.0417. The molecule has 5 nitrogen and oxygen atoms in total. The minimum Gasteiger partial charge on any atom is -0.394 e. The monoisotopic (exact) mass is 293 g/mol. The highest BCUT2D eigenvalue weighted by molar-refractivity contribution is 7.15. The number of imidazole rings is 1. The molecule has 3 heterocycles. The smallest absolute Gasteiger partial charge is 0.228 e. The molecule has 2 atom stereocenters. The third-order valence-corrected chi connectivity index (χ3v) is 4.87. The van der Waals surface area contributed by atoms with Crippen LogP contribution in [-0.4, -0.2) is 44.5 Å². The number of likely N-dealkylation sites (tertiary alicyclic amines) is 1. The molecule has 2 unspecified atom stereocenters. The Balaban J connectivity index is 1.73. The molecule has 1 N–H and O–H groups in total. The first-order valence-electron chi connectivity index (χ1n) is 7.00. The molecule has 1 fully saturated rings. The summed E-state index contributed by atoms with van der Waals surface area (Å²) in [5.41, 5.74) is 0.803. The first kappa shape index (κ1) is 13.6. The number of fused-ring (bicyclic) bond motifs is 1. The average molecular weight is 293 g/mol. The van der Waals surface area contributed by atoms with Crippen molar-refractivity contribution in [1.82, 2.24) is 14.3 Å². The van der Waals surface area contributed by atoms with Crippen molar-refractivity contribution < 1.29 is 9.90 Å². The Morgan fingerprint density at radius 1 is 1.60 bits per heavy atom. The Morgan fingerprint density at radius 2 is 2.45 bits per heavy atom. The third kappa shape index (κ3) is 2.45. The molecule has 3 rings (SSSR count). The van der Waals surface area contributed by atoms with Crippen molar-refractivity contribution in [1.29, 1.82) is 0 Å². The zero-order valence-corrected chi connectivity index (χ0v) is 12.3. The number of nitrogens with zero attached hydrogens (tertiary/aromatic N) is 3. The molecule has 0 aliphatic carbocycles. The van der Waals surface area contributed by atoms with Crippen LogP contribution < -0.4 is 0 Å². The maximum Gasteiger partial charge on any atom is 0.228 e. The molecule has 0 spiro atoms. The van der Waals surface area contributed by atoms with Crippen LogP contribution in [0.2, 0.25) is 0 Å². The van der Waals surface area contributed by atoms with Gasteiger partial charge in [-0.05, 0) is 18.8 Å². The topological polar surface area (TPSA) is 57.8 Å². The van der Waals surface area contributed by atoms with E-state index in [4.69, 9.17) is 0 Å². The molecule has 20 heavy (non-hydrogen) atoms. The molecule has 1 aliphatic rings. The Kier molecular flexibility index (Phi) is 3.76. The zero-order chi connectivity index (χ0) is 14.1. The van der Waals surface area contributed by atoms with Gasteiger partial charge >= 0.3 is 0 Å². The summed E-state index contributed by atoms with van der Waals surface area (Å²) >= 11 is 1.56. The van der Waals surface area contributed by atoms with Gasteiger partial charge in [-0.15, -0.1) is 11.3 Å². The summed E-state index contributed by atoms with van der Waals surface area (Å²) in [6.45, 7) is 2.90. The number of hydrogen-bond acceptors (Lipinski definition) is 4. The number of piperidine rings is 1. The van der Waals surface area contributed by atoms with Crippen molar-refractivity contribution in [2.24, 2.45) is 5.92 Å². The largest absolute Gasteiger partial charge is 0.394 e. The standard InChI is InChI=1S/C14H19N3O2S/c1-10-3-2-4-17(12(10)9-18)13(19)7-11-8-16-5-6-20-14(16)15-11/h5-6,8,10,12,18H,2-4,7,9H2,1H3. The van der Waals surface area contributed by atoms with Crippen molar-refractivity contribution in [3.8, 4) is 0 Å². The Bertz CT molecular complexity index is 578. The Labute approximate surface area is 121 Å². The highest BCUT2D eigenvalue weighted by Crippen LogP contribution is 2.24. The van der Waals surface area contributed by atoms with Crippen molar-refractivity contribution >= 4 is 22.2 Å². The highest BCUT2D eigenvalue weighted by atomic mass is 32.1. The number of carbonyl (C=O) groups excluding carboxylic acids is 1. The van der Waals surface area contributed by atoms with Crippen LogP contribution in [-0.2, 0) is 11.2 Å². The molecule has 2 aromatic heterocycles. The van der Waals surface area contributed by atoms with E-state index in [2.05, 4.69) is 11.9 Å². The van der Waals surface area contributed by atoms with Crippen LogP contribution in [0, 0.1) is 5.92 Å². The van der Waals surface area contributed by atoms with Gasteiger partial charge in [-0.1, -0.05) is 6.92 Å². The van der Waals surface area contributed by atoms with E-state index in [1.165, 1.54) is 0 Å². The van der Waals surface area contributed by atoms with Gasteiger partial charge in [0.25, 0.3) is 0 Å². The molecule has 0 bridgehead atoms. The zero-order valence-electron chi connectivity index (χ0n) is 11.5. The first-order chi connectivity index (χ1) is 9.69. The van der Waals surface area contributed by atoms with E-state index in [1.807, 2.05) is 27.1 Å². The Hall–Kier alpha value is -1.40. The summed E-state index contributed by atoms with van der Waals surface area (Å²) in [5.74, 6) is 0.435. The second kappa shape index (κ2) is 5.54. The van der Waals surface area contributed by atoms with E-state index in [9.17, 15) is 9.90 Å². The van der Waals surface area contributed by atoms with Gasteiger partial charge < -0.3 is 10.0 Å². The van der Waals surface area contributed by atoms with Gasteiger partial charge in [0.1, 0.15) is 0 Å². The molecule has 0 saturated carbocycles. The molecular weight excluding hydrogens is 274 g/mol. The lowest BCUT2D eigenvalue weighted by atomic mass is 9.91. The normalized spacial score (nSPS) is 23.4. The quantitative estimate of drug-likeness (QED) is 0.934. The number of rotatable bonds is 3. The van der Waals surface area contributed by atoms with E-state index in [0.717, 1.165) is 30.0 Å². The Morgan fingerprint density at radius 3 is 3.20 bits per heavy atom. The fourth-order valence-corrected chi connectivity index (χ4v) is 3.67. The van der Waals surface area contributed by atoms with Crippen LogP contribution in [0.3, 0.4) is 0 Å². The number of hydrogen-bond donors (Lipinski definition) is 1. The van der Waals surface area contributed by atoms with Crippen molar-refractivity contribution in [2.45, 2.75) is 32.2 Å². The molecule has 2 aromatic rings. The lowest BCUT2D eigenvalue weighted by molar-refractivity contribution is -0.136. The molecule has 108 valence electrons. The second-order valence-corrected chi connectivity index (χ2v) is 6.33. The third-order valence-electron chi connectivity index (χ3n) is 4.10. The van der Waals surface area contributed by atoms with Crippen LogP contribution in [0.25, 0.3) is 4.96 Å². The fourth-order valence-electron chi connectivity index (χ4n) is 2.95. The van der Waals surface area contributed by atoms with Crippen LogP contribution in [0.15, 0.2) is 17.8 Å². The molecule has 0 aromatic carbocycles. The number of aliphatic hydroxyl groups excluding tert-OH is 1. The molecule has 1 saturated heterocycles. The predicted molar refractivity (Wildman–Crippen MR) is 77.8 cm³/mol. The molecular formula is C14H19N3O2S. The lowest BCUT2D eigenvalue weighted by Crippen LogP contribution is -2.50. The summed E-state index contributed by atoms with van der Waals surface area (Å²) in [4.78, 5) is 19.6. The summed E-state index contributed by atoms with van der Waals surface area (Å²) in [7, 11) is 0. The maximum absolute atomic E-state index is 12.5. The lowest BCUT2D eigenvalue weighted by Gasteiger charge is -2.39.